The van der Waals surface area contributed by atoms with E-state index in [-0.39, 0.29) is 0 Å². The van der Waals surface area contributed by atoms with Crippen molar-refractivity contribution in [1.82, 2.24) is 4.98 Å². The number of hydrogen-bond donors (Lipinski definition) is 0. The molecule has 0 amide bonds. The van der Waals surface area contributed by atoms with Gasteiger partial charge in [0.2, 0.25) is 0 Å². The minimum absolute atomic E-state index is 0.336. The summed E-state index contributed by atoms with van der Waals surface area (Å²) in [5.74, 6) is 0. The normalized spacial score (nSPS) is 12.6. The molecule has 0 aromatic carbocycles. The molecular weight excluding hydrogens is 290 g/mol. The minimum atomic E-state index is 0.336. The van der Waals surface area contributed by atoms with Crippen molar-refractivity contribution in [2.75, 3.05) is 11.9 Å². The monoisotopic (exact) mass is 313 g/mol. The third-order valence-electron chi connectivity index (χ3n) is 2.96. The SMILES string of the molecule is CC(CCc1ccccn1)OCCCCCCBr. The highest BCUT2D eigenvalue weighted by Gasteiger charge is 2.03. The standard InChI is InChI=1S/C15H24BrNO/c1-14(18-13-7-3-2-5-11-16)9-10-15-8-4-6-12-17-15/h4,6,8,12,14H,2-3,5,7,9-11,13H2,1H3. The Morgan fingerprint density at radius 1 is 1.22 bits per heavy atom. The third-order valence-corrected chi connectivity index (χ3v) is 3.52. The van der Waals surface area contributed by atoms with E-state index in [1.807, 2.05) is 18.3 Å². The van der Waals surface area contributed by atoms with Gasteiger partial charge in [-0.05, 0) is 44.7 Å². The van der Waals surface area contributed by atoms with E-state index >= 15 is 0 Å². The molecule has 1 rings (SSSR count). The number of ether oxygens (including phenoxy) is 1. The van der Waals surface area contributed by atoms with Crippen molar-refractivity contribution in [2.24, 2.45) is 0 Å². The number of rotatable bonds is 10. The van der Waals surface area contributed by atoms with Crippen LogP contribution in [-0.2, 0) is 11.2 Å². The number of halogens is 1. The van der Waals surface area contributed by atoms with Gasteiger partial charge in [0.05, 0.1) is 6.10 Å². The molecule has 102 valence electrons. The van der Waals surface area contributed by atoms with Crippen LogP contribution in [0.1, 0.15) is 44.7 Å². The van der Waals surface area contributed by atoms with Crippen molar-refractivity contribution in [1.29, 1.82) is 0 Å². The van der Waals surface area contributed by atoms with E-state index in [2.05, 4.69) is 33.9 Å². The first-order valence-electron chi connectivity index (χ1n) is 6.90. The van der Waals surface area contributed by atoms with Gasteiger partial charge < -0.3 is 4.74 Å². The van der Waals surface area contributed by atoms with Crippen molar-refractivity contribution in [3.63, 3.8) is 0 Å². The average molecular weight is 314 g/mol. The lowest BCUT2D eigenvalue weighted by Gasteiger charge is -2.12. The highest BCUT2D eigenvalue weighted by molar-refractivity contribution is 9.09. The molecule has 0 radical (unpaired) electrons. The van der Waals surface area contributed by atoms with Gasteiger partial charge in [-0.2, -0.15) is 0 Å². The van der Waals surface area contributed by atoms with Crippen LogP contribution in [0.5, 0.6) is 0 Å². The molecule has 1 aromatic heterocycles. The van der Waals surface area contributed by atoms with E-state index in [1.165, 1.54) is 25.7 Å². The van der Waals surface area contributed by atoms with E-state index in [9.17, 15) is 0 Å². The van der Waals surface area contributed by atoms with Crippen LogP contribution in [0.4, 0.5) is 0 Å². The molecule has 0 saturated heterocycles. The Morgan fingerprint density at radius 2 is 2.06 bits per heavy atom. The Bertz CT molecular complexity index is 292. The smallest absolute Gasteiger partial charge is 0.0550 e. The van der Waals surface area contributed by atoms with E-state index in [0.29, 0.717) is 6.10 Å². The Hall–Kier alpha value is -0.410. The molecule has 0 aliphatic carbocycles. The summed E-state index contributed by atoms with van der Waals surface area (Å²) in [6.07, 6.45) is 9.28. The molecule has 0 aliphatic rings. The molecular formula is C15H24BrNO. The zero-order chi connectivity index (χ0) is 13.1. The molecule has 0 saturated carbocycles. The van der Waals surface area contributed by atoms with E-state index in [4.69, 9.17) is 4.74 Å². The number of unbranched alkanes of at least 4 members (excludes halogenated alkanes) is 3. The summed E-state index contributed by atoms with van der Waals surface area (Å²) in [5, 5.41) is 1.12. The molecule has 0 spiro atoms. The third kappa shape index (κ3) is 7.83. The van der Waals surface area contributed by atoms with Crippen molar-refractivity contribution in [3.8, 4) is 0 Å². The maximum atomic E-state index is 5.80. The quantitative estimate of drug-likeness (QED) is 0.472. The van der Waals surface area contributed by atoms with Gasteiger partial charge in [-0.15, -0.1) is 0 Å². The fourth-order valence-electron chi connectivity index (χ4n) is 1.82. The molecule has 1 aromatic rings. The van der Waals surface area contributed by atoms with Crippen molar-refractivity contribution in [2.45, 2.75) is 51.6 Å². The first kappa shape index (κ1) is 15.6. The van der Waals surface area contributed by atoms with Crippen LogP contribution >= 0.6 is 15.9 Å². The Labute approximate surface area is 119 Å². The molecule has 0 bridgehead atoms. The van der Waals surface area contributed by atoms with Gasteiger partial charge in [0.25, 0.3) is 0 Å². The zero-order valence-corrected chi connectivity index (χ0v) is 12.9. The number of aromatic nitrogens is 1. The van der Waals surface area contributed by atoms with Gasteiger partial charge in [-0.25, -0.2) is 0 Å². The van der Waals surface area contributed by atoms with Gasteiger partial charge in [0.15, 0.2) is 0 Å². The Balaban J connectivity index is 1.99. The number of alkyl halides is 1. The maximum absolute atomic E-state index is 5.80. The Morgan fingerprint density at radius 3 is 2.78 bits per heavy atom. The second kappa shape index (κ2) is 10.5. The lowest BCUT2D eigenvalue weighted by molar-refractivity contribution is 0.0576. The lowest BCUT2D eigenvalue weighted by Crippen LogP contribution is -2.10. The van der Waals surface area contributed by atoms with E-state index in [0.717, 1.165) is 30.5 Å². The van der Waals surface area contributed by atoms with Gasteiger partial charge in [-0.3, -0.25) is 4.98 Å². The predicted molar refractivity (Wildman–Crippen MR) is 80.2 cm³/mol. The molecule has 0 N–H and O–H groups in total. The van der Waals surface area contributed by atoms with Gasteiger partial charge in [0.1, 0.15) is 0 Å². The van der Waals surface area contributed by atoms with Crippen molar-refractivity contribution >= 4 is 15.9 Å². The Kier molecular flexibility index (Phi) is 9.13. The molecule has 1 unspecified atom stereocenters. The largest absolute Gasteiger partial charge is 0.378 e. The fourth-order valence-corrected chi connectivity index (χ4v) is 2.21. The first-order valence-corrected chi connectivity index (χ1v) is 8.02. The van der Waals surface area contributed by atoms with Crippen LogP contribution in [0.15, 0.2) is 24.4 Å². The number of hydrogen-bond acceptors (Lipinski definition) is 2. The second-order valence-corrected chi connectivity index (χ2v) is 5.44. The summed E-state index contributed by atoms with van der Waals surface area (Å²) in [4.78, 5) is 4.32. The minimum Gasteiger partial charge on any atom is -0.378 e. The number of pyridine rings is 1. The predicted octanol–water partition coefficient (Wildman–Crippen LogP) is 4.37. The summed E-state index contributed by atoms with van der Waals surface area (Å²) in [6, 6.07) is 6.07. The molecule has 3 heteroatoms. The summed E-state index contributed by atoms with van der Waals surface area (Å²) in [7, 11) is 0. The average Bonchev–Trinajstić information content (AvgIpc) is 2.41. The summed E-state index contributed by atoms with van der Waals surface area (Å²) in [6.45, 7) is 3.05. The highest BCUT2D eigenvalue weighted by Crippen LogP contribution is 2.07. The van der Waals surface area contributed by atoms with Crippen LogP contribution in [0.25, 0.3) is 0 Å². The molecule has 1 heterocycles. The molecule has 18 heavy (non-hydrogen) atoms. The summed E-state index contributed by atoms with van der Waals surface area (Å²) in [5.41, 5.74) is 1.16. The van der Waals surface area contributed by atoms with Crippen LogP contribution in [0, 0.1) is 0 Å². The molecule has 0 aliphatic heterocycles. The lowest BCUT2D eigenvalue weighted by atomic mass is 10.1. The fraction of sp³-hybridized carbons (Fsp3) is 0.667. The second-order valence-electron chi connectivity index (χ2n) is 4.64. The molecule has 2 nitrogen and oxygen atoms in total. The topological polar surface area (TPSA) is 22.1 Å². The van der Waals surface area contributed by atoms with Crippen LogP contribution in [0.3, 0.4) is 0 Å². The number of aryl methyl sites for hydroxylation is 1. The molecule has 1 atom stereocenters. The van der Waals surface area contributed by atoms with E-state index in [1.54, 1.807) is 0 Å². The van der Waals surface area contributed by atoms with Gasteiger partial charge >= 0.3 is 0 Å². The molecule has 0 fully saturated rings. The number of nitrogens with zero attached hydrogens (tertiary/aromatic N) is 1. The van der Waals surface area contributed by atoms with Crippen LogP contribution in [-0.4, -0.2) is 23.0 Å². The van der Waals surface area contributed by atoms with Crippen molar-refractivity contribution in [3.05, 3.63) is 30.1 Å². The van der Waals surface area contributed by atoms with Gasteiger partial charge in [0, 0.05) is 23.8 Å². The van der Waals surface area contributed by atoms with Crippen LogP contribution in [0.2, 0.25) is 0 Å². The van der Waals surface area contributed by atoms with Crippen LogP contribution < -0.4 is 0 Å². The summed E-state index contributed by atoms with van der Waals surface area (Å²) >= 11 is 3.45. The zero-order valence-electron chi connectivity index (χ0n) is 11.3. The van der Waals surface area contributed by atoms with Gasteiger partial charge in [-0.1, -0.05) is 34.8 Å². The maximum Gasteiger partial charge on any atom is 0.0550 e. The summed E-state index contributed by atoms with van der Waals surface area (Å²) < 4.78 is 5.80. The van der Waals surface area contributed by atoms with E-state index < -0.39 is 0 Å². The first-order chi connectivity index (χ1) is 8.83. The highest BCUT2D eigenvalue weighted by atomic mass is 79.9. The van der Waals surface area contributed by atoms with Crippen molar-refractivity contribution < 1.29 is 4.74 Å².